The van der Waals surface area contributed by atoms with Crippen LogP contribution in [0.3, 0.4) is 0 Å². The van der Waals surface area contributed by atoms with Crippen molar-refractivity contribution in [3.8, 4) is 5.75 Å². The van der Waals surface area contributed by atoms with Gasteiger partial charge in [-0.2, -0.15) is 0 Å². The molecule has 178 valence electrons. The Hall–Kier alpha value is -3.53. The van der Waals surface area contributed by atoms with E-state index in [9.17, 15) is 10.1 Å². The summed E-state index contributed by atoms with van der Waals surface area (Å²) in [4.78, 5) is 15.3. The molecule has 1 saturated heterocycles. The first-order chi connectivity index (χ1) is 16.7. The average Bonchev–Trinajstić information content (AvgIpc) is 3.57. The molecule has 5 rings (SSSR count). The minimum Gasteiger partial charge on any atom is -0.496 e. The van der Waals surface area contributed by atoms with Crippen LogP contribution in [-0.4, -0.2) is 63.3 Å². The van der Waals surface area contributed by atoms with Crippen LogP contribution < -0.4 is 9.64 Å². The van der Waals surface area contributed by atoms with E-state index in [2.05, 4.69) is 31.4 Å². The van der Waals surface area contributed by atoms with Gasteiger partial charge in [-0.3, -0.25) is 15.0 Å². The summed E-state index contributed by atoms with van der Waals surface area (Å²) in [7, 11) is 1.70. The number of ether oxygens (including phenoxy) is 1. The van der Waals surface area contributed by atoms with Gasteiger partial charge in [-0.05, 0) is 41.5 Å². The Labute approximate surface area is 198 Å². The summed E-state index contributed by atoms with van der Waals surface area (Å²) in [6.07, 6.45) is 4.61. The zero-order valence-corrected chi connectivity index (χ0v) is 19.3. The summed E-state index contributed by atoms with van der Waals surface area (Å²) in [5.74, 6) is 1.69. The predicted molar refractivity (Wildman–Crippen MR) is 127 cm³/mol. The van der Waals surface area contributed by atoms with Crippen LogP contribution in [0.5, 0.6) is 5.75 Å². The summed E-state index contributed by atoms with van der Waals surface area (Å²) in [5, 5.41) is 24.0. The van der Waals surface area contributed by atoms with Crippen LogP contribution >= 0.6 is 0 Å². The fraction of sp³-hybridized carbons (Fsp3) is 0.458. The van der Waals surface area contributed by atoms with E-state index in [1.54, 1.807) is 19.2 Å². The molecular formula is C24H29N7O3. The minimum absolute atomic E-state index is 0.109. The molecule has 2 heterocycles. The van der Waals surface area contributed by atoms with Crippen LogP contribution in [0.4, 0.5) is 11.4 Å². The number of anilines is 1. The third-order valence-electron chi connectivity index (χ3n) is 6.97. The Kier molecular flexibility index (Phi) is 6.39. The molecule has 2 fully saturated rings. The topological polar surface area (TPSA) is 102 Å². The number of nitrogens with zero attached hydrogens (tertiary/aromatic N) is 7. The van der Waals surface area contributed by atoms with Crippen LogP contribution in [0.2, 0.25) is 0 Å². The monoisotopic (exact) mass is 463 g/mol. The van der Waals surface area contributed by atoms with Gasteiger partial charge in [0, 0.05) is 49.6 Å². The van der Waals surface area contributed by atoms with Crippen LogP contribution in [0.1, 0.15) is 49.2 Å². The molecule has 10 nitrogen and oxygen atoms in total. The van der Waals surface area contributed by atoms with Gasteiger partial charge in [-0.15, -0.1) is 5.10 Å². The van der Waals surface area contributed by atoms with E-state index in [0.29, 0.717) is 6.04 Å². The number of methoxy groups -OCH3 is 1. The number of piperazine rings is 1. The Morgan fingerprint density at radius 3 is 2.41 bits per heavy atom. The fourth-order valence-electron chi connectivity index (χ4n) is 5.20. The van der Waals surface area contributed by atoms with E-state index in [1.165, 1.54) is 12.8 Å². The number of nitro groups is 1. The number of hydrogen-bond acceptors (Lipinski definition) is 8. The van der Waals surface area contributed by atoms with Crippen molar-refractivity contribution in [3.05, 3.63) is 70.0 Å². The lowest BCUT2D eigenvalue weighted by Crippen LogP contribution is -2.48. The Bertz CT molecular complexity index is 1120. The molecule has 0 bridgehead atoms. The number of tetrazole rings is 1. The van der Waals surface area contributed by atoms with Gasteiger partial charge in [-0.1, -0.05) is 31.0 Å². The van der Waals surface area contributed by atoms with E-state index >= 15 is 0 Å². The van der Waals surface area contributed by atoms with Crippen molar-refractivity contribution in [1.29, 1.82) is 0 Å². The third-order valence-corrected chi connectivity index (χ3v) is 6.97. The van der Waals surface area contributed by atoms with Gasteiger partial charge in [-0.25, -0.2) is 4.68 Å². The maximum absolute atomic E-state index is 11.0. The smallest absolute Gasteiger partial charge is 0.269 e. The SMILES string of the molecule is COc1ccccc1[C@@H](c1nnnn1C1CCCC1)N1CCN(c2ccc([N+](=O)[O-])cc2)CC1. The van der Waals surface area contributed by atoms with Gasteiger partial charge in [0.2, 0.25) is 0 Å². The van der Waals surface area contributed by atoms with E-state index in [4.69, 9.17) is 4.74 Å². The summed E-state index contributed by atoms with van der Waals surface area (Å²) in [6, 6.07) is 15.1. The lowest BCUT2D eigenvalue weighted by molar-refractivity contribution is -0.384. The summed E-state index contributed by atoms with van der Waals surface area (Å²) in [5.41, 5.74) is 2.16. The molecule has 0 amide bonds. The van der Waals surface area contributed by atoms with E-state index in [-0.39, 0.29) is 16.7 Å². The van der Waals surface area contributed by atoms with Gasteiger partial charge in [0.15, 0.2) is 5.82 Å². The molecule has 34 heavy (non-hydrogen) atoms. The zero-order chi connectivity index (χ0) is 23.5. The highest BCUT2D eigenvalue weighted by Crippen LogP contribution is 2.37. The minimum atomic E-state index is -0.367. The van der Waals surface area contributed by atoms with E-state index in [1.807, 2.05) is 35.0 Å². The summed E-state index contributed by atoms with van der Waals surface area (Å²) in [6.45, 7) is 3.21. The lowest BCUT2D eigenvalue weighted by Gasteiger charge is -2.40. The standard InChI is InChI=1S/C24H29N7O3/c1-34-22-9-5-4-8-21(22)23(24-25-26-27-30(24)19-6-2-3-7-19)29-16-14-28(15-17-29)18-10-12-20(13-11-18)31(32)33/h4-5,8-13,19,23H,2-3,6-7,14-17H2,1H3/t23-/m0/s1. The first kappa shape index (κ1) is 22.3. The van der Waals surface area contributed by atoms with Gasteiger partial charge in [0.1, 0.15) is 11.8 Å². The number of para-hydroxylation sites is 1. The molecule has 10 heteroatoms. The second-order valence-corrected chi connectivity index (χ2v) is 8.86. The molecule has 1 saturated carbocycles. The molecule has 0 radical (unpaired) electrons. The number of rotatable bonds is 7. The highest BCUT2D eigenvalue weighted by atomic mass is 16.6. The molecular weight excluding hydrogens is 434 g/mol. The first-order valence-corrected chi connectivity index (χ1v) is 11.8. The largest absolute Gasteiger partial charge is 0.496 e. The lowest BCUT2D eigenvalue weighted by atomic mass is 10.0. The summed E-state index contributed by atoms with van der Waals surface area (Å²) >= 11 is 0. The molecule has 2 aromatic carbocycles. The number of hydrogen-bond donors (Lipinski definition) is 0. The van der Waals surface area contributed by atoms with E-state index < -0.39 is 0 Å². The number of nitro benzene ring substituents is 1. The van der Waals surface area contributed by atoms with Gasteiger partial charge >= 0.3 is 0 Å². The molecule has 1 atom stereocenters. The Morgan fingerprint density at radius 1 is 1.03 bits per heavy atom. The van der Waals surface area contributed by atoms with Crippen LogP contribution in [-0.2, 0) is 0 Å². The number of aromatic nitrogens is 4. The first-order valence-electron chi connectivity index (χ1n) is 11.8. The van der Waals surface area contributed by atoms with Gasteiger partial charge < -0.3 is 9.64 Å². The average molecular weight is 464 g/mol. The molecule has 0 unspecified atom stereocenters. The van der Waals surface area contributed by atoms with Crippen molar-refractivity contribution in [2.75, 3.05) is 38.2 Å². The Balaban J connectivity index is 1.42. The maximum Gasteiger partial charge on any atom is 0.269 e. The second-order valence-electron chi connectivity index (χ2n) is 8.86. The van der Waals surface area contributed by atoms with Crippen molar-refractivity contribution in [3.63, 3.8) is 0 Å². The zero-order valence-electron chi connectivity index (χ0n) is 19.3. The van der Waals surface area contributed by atoms with Crippen molar-refractivity contribution in [2.24, 2.45) is 0 Å². The van der Waals surface area contributed by atoms with Crippen molar-refractivity contribution in [1.82, 2.24) is 25.1 Å². The van der Waals surface area contributed by atoms with Crippen LogP contribution in [0.25, 0.3) is 0 Å². The number of benzene rings is 2. The quantitative estimate of drug-likeness (QED) is 0.387. The third kappa shape index (κ3) is 4.33. The van der Waals surface area contributed by atoms with Crippen LogP contribution in [0, 0.1) is 10.1 Å². The van der Waals surface area contributed by atoms with Crippen molar-refractivity contribution in [2.45, 2.75) is 37.8 Å². The molecule has 1 aliphatic carbocycles. The van der Waals surface area contributed by atoms with Crippen LogP contribution in [0.15, 0.2) is 48.5 Å². The normalized spacial score (nSPS) is 18.2. The highest BCUT2D eigenvalue weighted by Gasteiger charge is 2.34. The second kappa shape index (κ2) is 9.76. The fourth-order valence-corrected chi connectivity index (χ4v) is 5.20. The maximum atomic E-state index is 11.0. The predicted octanol–water partition coefficient (Wildman–Crippen LogP) is 3.62. The molecule has 0 N–H and O–H groups in total. The summed E-state index contributed by atoms with van der Waals surface area (Å²) < 4.78 is 7.77. The van der Waals surface area contributed by atoms with Crippen molar-refractivity contribution >= 4 is 11.4 Å². The molecule has 3 aromatic rings. The highest BCUT2D eigenvalue weighted by molar-refractivity contribution is 5.51. The molecule has 2 aliphatic rings. The molecule has 0 spiro atoms. The number of non-ortho nitro benzene ring substituents is 1. The van der Waals surface area contributed by atoms with Crippen molar-refractivity contribution < 1.29 is 9.66 Å². The Morgan fingerprint density at radius 2 is 1.74 bits per heavy atom. The molecule has 1 aliphatic heterocycles. The van der Waals surface area contributed by atoms with Gasteiger partial charge in [0.25, 0.3) is 5.69 Å². The van der Waals surface area contributed by atoms with Gasteiger partial charge in [0.05, 0.1) is 18.1 Å². The molecule has 1 aromatic heterocycles. The van der Waals surface area contributed by atoms with E-state index in [0.717, 1.165) is 61.8 Å².